The summed E-state index contributed by atoms with van der Waals surface area (Å²) < 4.78 is 6.18. The van der Waals surface area contributed by atoms with Gasteiger partial charge >= 0.3 is 0 Å². The van der Waals surface area contributed by atoms with Crippen LogP contribution in [0.2, 0.25) is 5.02 Å². The lowest BCUT2D eigenvalue weighted by molar-refractivity contribution is -0.136. The van der Waals surface area contributed by atoms with Crippen molar-refractivity contribution in [3.63, 3.8) is 0 Å². The van der Waals surface area contributed by atoms with Crippen LogP contribution in [0.3, 0.4) is 0 Å². The molecule has 0 aromatic heterocycles. The molecular formula is C33H28ClN3O4S. The zero-order chi connectivity index (χ0) is 29.1. The monoisotopic (exact) mass is 597 g/mol. The van der Waals surface area contributed by atoms with Gasteiger partial charge in [-0.3, -0.25) is 19.3 Å². The molecule has 6 rings (SSSR count). The van der Waals surface area contributed by atoms with Crippen molar-refractivity contribution >= 4 is 63.0 Å². The quantitative estimate of drug-likeness (QED) is 0.228. The third-order valence-corrected chi connectivity index (χ3v) is 8.59. The van der Waals surface area contributed by atoms with E-state index in [1.807, 2.05) is 91.0 Å². The van der Waals surface area contributed by atoms with Gasteiger partial charge in [-0.25, -0.2) is 0 Å². The van der Waals surface area contributed by atoms with E-state index in [9.17, 15) is 14.4 Å². The molecule has 0 atom stereocenters. The second kappa shape index (κ2) is 12.3. The van der Waals surface area contributed by atoms with E-state index >= 15 is 0 Å². The number of imide groups is 1. The van der Waals surface area contributed by atoms with Gasteiger partial charge in [-0.1, -0.05) is 72.3 Å². The van der Waals surface area contributed by atoms with Crippen LogP contribution in [0.4, 0.5) is 10.5 Å². The van der Waals surface area contributed by atoms with Crippen molar-refractivity contribution in [1.82, 2.24) is 9.80 Å². The number of fused-ring (bicyclic) bond motifs is 1. The molecule has 2 heterocycles. The molecule has 2 aliphatic rings. The predicted octanol–water partition coefficient (Wildman–Crippen LogP) is 6.46. The number of carbonyl (C=O) groups is 3. The van der Waals surface area contributed by atoms with Gasteiger partial charge in [0.2, 0.25) is 5.91 Å². The number of anilines is 1. The SMILES string of the molecule is O=C(CN1C(=O)S/C(=C/c2c(OCc3ccc(Cl)cc3)ccc3ccccc23)C1=O)N1CCN(c2ccccc2)CC1. The lowest BCUT2D eigenvalue weighted by Gasteiger charge is -2.36. The zero-order valence-corrected chi connectivity index (χ0v) is 24.3. The van der Waals surface area contributed by atoms with E-state index in [-0.39, 0.29) is 17.4 Å². The second-order valence-electron chi connectivity index (χ2n) is 10.1. The number of para-hydroxylation sites is 1. The van der Waals surface area contributed by atoms with Crippen molar-refractivity contribution in [2.24, 2.45) is 0 Å². The standard InChI is InChI=1S/C33H28ClN3O4S/c34-25-13-10-23(11-14-25)22-41-29-15-12-24-6-4-5-9-27(24)28(29)20-30-32(39)37(33(40)42-30)21-31(38)36-18-16-35(17-19-36)26-7-2-1-3-8-26/h1-15,20H,16-19,21-22H2/b30-20+. The molecule has 0 saturated carbocycles. The first-order valence-corrected chi connectivity index (χ1v) is 14.9. The normalized spacial score (nSPS) is 16.5. The topological polar surface area (TPSA) is 70.2 Å². The highest BCUT2D eigenvalue weighted by atomic mass is 35.5. The van der Waals surface area contributed by atoms with E-state index in [4.69, 9.17) is 16.3 Å². The largest absolute Gasteiger partial charge is 0.488 e. The highest BCUT2D eigenvalue weighted by Gasteiger charge is 2.37. The number of halogens is 1. The second-order valence-corrected chi connectivity index (χ2v) is 11.5. The van der Waals surface area contributed by atoms with E-state index in [0.717, 1.165) is 38.7 Å². The van der Waals surface area contributed by atoms with Crippen molar-refractivity contribution in [2.45, 2.75) is 6.61 Å². The summed E-state index contributed by atoms with van der Waals surface area (Å²) in [5.41, 5.74) is 2.77. The lowest BCUT2D eigenvalue weighted by Crippen LogP contribution is -2.51. The molecule has 0 spiro atoms. The minimum Gasteiger partial charge on any atom is -0.488 e. The first-order chi connectivity index (χ1) is 20.5. The summed E-state index contributed by atoms with van der Waals surface area (Å²) in [6.45, 7) is 2.48. The van der Waals surface area contributed by atoms with Gasteiger partial charge in [0.15, 0.2) is 0 Å². The van der Waals surface area contributed by atoms with Gasteiger partial charge in [0.25, 0.3) is 11.1 Å². The molecule has 0 N–H and O–H groups in total. The molecule has 2 fully saturated rings. The van der Waals surface area contributed by atoms with Crippen LogP contribution in [-0.2, 0) is 16.2 Å². The van der Waals surface area contributed by atoms with E-state index in [2.05, 4.69) is 4.90 Å². The fourth-order valence-electron chi connectivity index (χ4n) is 5.15. The van der Waals surface area contributed by atoms with Crippen LogP contribution in [0.25, 0.3) is 16.8 Å². The molecule has 0 bridgehead atoms. The number of nitrogens with zero attached hydrogens (tertiary/aromatic N) is 3. The molecule has 3 amide bonds. The average molecular weight is 598 g/mol. The van der Waals surface area contributed by atoms with Crippen LogP contribution in [0.5, 0.6) is 5.75 Å². The Morgan fingerprint density at radius 3 is 2.33 bits per heavy atom. The van der Waals surface area contributed by atoms with Crippen LogP contribution in [0.1, 0.15) is 11.1 Å². The van der Waals surface area contributed by atoms with E-state index in [1.165, 1.54) is 0 Å². The summed E-state index contributed by atoms with van der Waals surface area (Å²) in [5.74, 6) is -0.121. The van der Waals surface area contributed by atoms with Gasteiger partial charge in [-0.05, 0) is 64.5 Å². The van der Waals surface area contributed by atoms with Crippen molar-refractivity contribution in [1.29, 1.82) is 0 Å². The fraction of sp³-hybridized carbons (Fsp3) is 0.182. The Labute approximate surface area is 253 Å². The number of thioether (sulfide) groups is 1. The molecule has 0 unspecified atom stereocenters. The summed E-state index contributed by atoms with van der Waals surface area (Å²) in [6.07, 6.45) is 1.70. The van der Waals surface area contributed by atoms with Crippen LogP contribution in [0.15, 0.2) is 95.9 Å². The predicted molar refractivity (Wildman–Crippen MR) is 168 cm³/mol. The van der Waals surface area contributed by atoms with Crippen molar-refractivity contribution in [3.8, 4) is 5.75 Å². The average Bonchev–Trinajstić information content (AvgIpc) is 3.29. The maximum atomic E-state index is 13.4. The number of ether oxygens (including phenoxy) is 1. The molecule has 4 aromatic rings. The highest BCUT2D eigenvalue weighted by molar-refractivity contribution is 8.18. The Kier molecular flexibility index (Phi) is 8.17. The zero-order valence-electron chi connectivity index (χ0n) is 22.7. The van der Waals surface area contributed by atoms with Gasteiger partial charge in [0.05, 0.1) is 4.91 Å². The number of hydrogen-bond donors (Lipinski definition) is 0. The fourth-order valence-corrected chi connectivity index (χ4v) is 6.09. The number of hydrogen-bond acceptors (Lipinski definition) is 6. The van der Waals surface area contributed by atoms with Crippen LogP contribution < -0.4 is 9.64 Å². The number of amides is 3. The van der Waals surface area contributed by atoms with E-state index in [0.29, 0.717) is 49.1 Å². The Morgan fingerprint density at radius 1 is 0.857 bits per heavy atom. The number of piperazine rings is 1. The number of carbonyl (C=O) groups excluding carboxylic acids is 3. The van der Waals surface area contributed by atoms with Crippen molar-refractivity contribution in [2.75, 3.05) is 37.6 Å². The minimum absolute atomic E-state index is 0.233. The van der Waals surface area contributed by atoms with Crippen LogP contribution >= 0.6 is 23.4 Å². The van der Waals surface area contributed by atoms with Crippen LogP contribution in [0, 0.1) is 0 Å². The Morgan fingerprint density at radius 2 is 1.57 bits per heavy atom. The van der Waals surface area contributed by atoms with Gasteiger partial charge < -0.3 is 14.5 Å². The molecule has 42 heavy (non-hydrogen) atoms. The molecule has 2 saturated heterocycles. The Hall–Kier alpha value is -4.27. The summed E-state index contributed by atoms with van der Waals surface area (Å²) in [5, 5.41) is 2.07. The van der Waals surface area contributed by atoms with Gasteiger partial charge in [0.1, 0.15) is 18.9 Å². The highest BCUT2D eigenvalue weighted by Crippen LogP contribution is 2.37. The third kappa shape index (κ3) is 6.00. The summed E-state index contributed by atoms with van der Waals surface area (Å²) >= 11 is 6.86. The lowest BCUT2D eigenvalue weighted by atomic mass is 10.0. The summed E-state index contributed by atoms with van der Waals surface area (Å²) in [6, 6.07) is 29.1. The minimum atomic E-state index is -0.474. The molecule has 9 heteroatoms. The first kappa shape index (κ1) is 27.9. The van der Waals surface area contributed by atoms with Crippen molar-refractivity contribution in [3.05, 3.63) is 112 Å². The number of benzene rings is 4. The maximum absolute atomic E-state index is 13.4. The first-order valence-electron chi connectivity index (χ1n) is 13.7. The summed E-state index contributed by atoms with van der Waals surface area (Å²) in [4.78, 5) is 44.7. The van der Waals surface area contributed by atoms with Crippen LogP contribution in [-0.4, -0.2) is 59.6 Å². The van der Waals surface area contributed by atoms with E-state index < -0.39 is 11.1 Å². The number of rotatable bonds is 7. The molecule has 0 aliphatic carbocycles. The van der Waals surface area contributed by atoms with Gasteiger partial charge in [-0.15, -0.1) is 0 Å². The maximum Gasteiger partial charge on any atom is 0.294 e. The molecule has 212 valence electrons. The molecule has 7 nitrogen and oxygen atoms in total. The Bertz CT molecular complexity index is 1670. The van der Waals surface area contributed by atoms with E-state index in [1.54, 1.807) is 11.0 Å². The van der Waals surface area contributed by atoms with Gasteiger partial charge in [0, 0.05) is 42.5 Å². The molecule has 0 radical (unpaired) electrons. The van der Waals surface area contributed by atoms with Crippen molar-refractivity contribution < 1.29 is 19.1 Å². The molecule has 2 aliphatic heterocycles. The smallest absolute Gasteiger partial charge is 0.294 e. The molecule has 4 aromatic carbocycles. The third-order valence-electron chi connectivity index (χ3n) is 7.43. The molecular weight excluding hydrogens is 570 g/mol. The van der Waals surface area contributed by atoms with Gasteiger partial charge in [-0.2, -0.15) is 0 Å². The Balaban J connectivity index is 1.18. The summed E-state index contributed by atoms with van der Waals surface area (Å²) in [7, 11) is 0.